The standard InChI is InChI=1S/C24H30N6O2/c1-16-14-30(15-26-16)22-8-5-17(12-23(22)31-2)27-24-28-20(7-6-18-4-3-11-32-18)19-13-25-10-9-21(19)29-24/h5,8,12,14-15,18,25H,3-4,6-7,9-11,13H2,1-2H3,(H,27,28,29). The summed E-state index contributed by atoms with van der Waals surface area (Å²) in [6.07, 6.45) is 9.28. The number of hydrogen-bond donors (Lipinski definition) is 2. The van der Waals surface area contributed by atoms with Gasteiger partial charge in [0, 0.05) is 49.6 Å². The van der Waals surface area contributed by atoms with E-state index in [1.54, 1.807) is 13.4 Å². The Bertz CT molecular complexity index is 1090. The van der Waals surface area contributed by atoms with Crippen molar-refractivity contribution in [3.8, 4) is 11.4 Å². The number of ether oxygens (including phenoxy) is 2. The van der Waals surface area contributed by atoms with E-state index < -0.39 is 0 Å². The third-order valence-corrected chi connectivity index (χ3v) is 6.17. The molecule has 0 spiro atoms. The van der Waals surface area contributed by atoms with E-state index in [-0.39, 0.29) is 0 Å². The number of hydrogen-bond acceptors (Lipinski definition) is 7. The molecule has 4 heterocycles. The molecule has 0 bridgehead atoms. The largest absolute Gasteiger partial charge is 0.494 e. The average Bonchev–Trinajstić information content (AvgIpc) is 3.49. The zero-order chi connectivity index (χ0) is 21.9. The highest BCUT2D eigenvalue weighted by Crippen LogP contribution is 2.29. The van der Waals surface area contributed by atoms with Crippen LogP contribution >= 0.6 is 0 Å². The normalized spacial score (nSPS) is 17.9. The van der Waals surface area contributed by atoms with E-state index in [1.807, 2.05) is 35.9 Å². The number of rotatable bonds is 7. The van der Waals surface area contributed by atoms with E-state index in [1.165, 1.54) is 5.56 Å². The Kier molecular flexibility index (Phi) is 6.05. The fourth-order valence-electron chi connectivity index (χ4n) is 4.50. The van der Waals surface area contributed by atoms with Crippen LogP contribution in [0, 0.1) is 6.92 Å². The van der Waals surface area contributed by atoms with Crippen molar-refractivity contribution in [3.05, 3.63) is 53.4 Å². The van der Waals surface area contributed by atoms with Crippen LogP contribution in [0.4, 0.5) is 11.6 Å². The Balaban J connectivity index is 1.40. The molecule has 2 aliphatic heterocycles. The van der Waals surface area contributed by atoms with Crippen LogP contribution in [0.1, 0.15) is 41.9 Å². The van der Waals surface area contributed by atoms with Crippen LogP contribution in [0.25, 0.3) is 5.69 Å². The Morgan fingerprint density at radius 3 is 3.03 bits per heavy atom. The van der Waals surface area contributed by atoms with Crippen LogP contribution in [0.2, 0.25) is 0 Å². The van der Waals surface area contributed by atoms with Gasteiger partial charge in [-0.15, -0.1) is 0 Å². The maximum Gasteiger partial charge on any atom is 0.227 e. The van der Waals surface area contributed by atoms with Gasteiger partial charge in [-0.05, 0) is 44.7 Å². The number of fused-ring (bicyclic) bond motifs is 1. The first-order valence-corrected chi connectivity index (χ1v) is 11.4. The molecule has 2 N–H and O–H groups in total. The molecule has 1 fully saturated rings. The summed E-state index contributed by atoms with van der Waals surface area (Å²) in [6, 6.07) is 6.01. The van der Waals surface area contributed by atoms with E-state index in [4.69, 9.17) is 19.4 Å². The van der Waals surface area contributed by atoms with Gasteiger partial charge in [-0.1, -0.05) is 0 Å². The number of nitrogens with one attached hydrogen (secondary N) is 2. The van der Waals surface area contributed by atoms with Gasteiger partial charge in [-0.3, -0.25) is 0 Å². The number of methoxy groups -OCH3 is 1. The molecule has 8 nitrogen and oxygen atoms in total. The maximum absolute atomic E-state index is 5.82. The second-order valence-corrected chi connectivity index (χ2v) is 8.45. The fraction of sp³-hybridized carbons (Fsp3) is 0.458. The summed E-state index contributed by atoms with van der Waals surface area (Å²) >= 11 is 0. The molecule has 1 aromatic carbocycles. The molecule has 0 amide bonds. The fourth-order valence-corrected chi connectivity index (χ4v) is 4.50. The molecule has 1 saturated heterocycles. The zero-order valence-corrected chi connectivity index (χ0v) is 18.7. The monoisotopic (exact) mass is 434 g/mol. The molecule has 1 unspecified atom stereocenters. The van der Waals surface area contributed by atoms with Gasteiger partial charge < -0.3 is 24.7 Å². The number of benzene rings is 1. The molecule has 32 heavy (non-hydrogen) atoms. The molecule has 1 atom stereocenters. The molecule has 0 aliphatic carbocycles. The Morgan fingerprint density at radius 1 is 1.31 bits per heavy atom. The summed E-state index contributed by atoms with van der Waals surface area (Å²) < 4.78 is 13.4. The number of imidazole rings is 1. The minimum absolute atomic E-state index is 0.359. The van der Waals surface area contributed by atoms with E-state index in [9.17, 15) is 0 Å². The Morgan fingerprint density at radius 2 is 2.25 bits per heavy atom. The summed E-state index contributed by atoms with van der Waals surface area (Å²) in [5, 5.41) is 6.86. The predicted octanol–water partition coefficient (Wildman–Crippen LogP) is 3.48. The first-order chi connectivity index (χ1) is 15.7. The number of aromatic nitrogens is 4. The summed E-state index contributed by atoms with van der Waals surface area (Å²) in [5.41, 5.74) is 6.30. The summed E-state index contributed by atoms with van der Waals surface area (Å²) in [7, 11) is 1.68. The molecule has 168 valence electrons. The van der Waals surface area contributed by atoms with E-state index in [0.29, 0.717) is 12.1 Å². The highest BCUT2D eigenvalue weighted by atomic mass is 16.5. The van der Waals surface area contributed by atoms with Crippen molar-refractivity contribution in [2.75, 3.05) is 25.6 Å². The highest BCUT2D eigenvalue weighted by Gasteiger charge is 2.21. The minimum atomic E-state index is 0.359. The van der Waals surface area contributed by atoms with Crippen LogP contribution < -0.4 is 15.4 Å². The van der Waals surface area contributed by atoms with E-state index in [0.717, 1.165) is 86.0 Å². The van der Waals surface area contributed by atoms with Crippen molar-refractivity contribution in [2.24, 2.45) is 0 Å². The van der Waals surface area contributed by atoms with Crippen molar-refractivity contribution in [1.82, 2.24) is 24.8 Å². The lowest BCUT2D eigenvalue weighted by Gasteiger charge is -2.21. The SMILES string of the molecule is COc1cc(Nc2nc3c(c(CCC4CCCO4)n2)CNCC3)ccc1-n1cnc(C)c1. The van der Waals surface area contributed by atoms with Crippen molar-refractivity contribution in [1.29, 1.82) is 0 Å². The first kappa shape index (κ1) is 20.9. The lowest BCUT2D eigenvalue weighted by atomic mass is 10.0. The van der Waals surface area contributed by atoms with Gasteiger partial charge in [-0.2, -0.15) is 0 Å². The zero-order valence-electron chi connectivity index (χ0n) is 18.7. The lowest BCUT2D eigenvalue weighted by molar-refractivity contribution is 0.104. The van der Waals surface area contributed by atoms with Crippen LogP contribution in [0.3, 0.4) is 0 Å². The first-order valence-electron chi connectivity index (χ1n) is 11.4. The molecule has 8 heteroatoms. The van der Waals surface area contributed by atoms with Crippen molar-refractivity contribution < 1.29 is 9.47 Å². The van der Waals surface area contributed by atoms with Crippen molar-refractivity contribution in [3.63, 3.8) is 0 Å². The van der Waals surface area contributed by atoms with Gasteiger partial charge in [-0.25, -0.2) is 15.0 Å². The third kappa shape index (κ3) is 4.47. The van der Waals surface area contributed by atoms with Gasteiger partial charge in [0.1, 0.15) is 5.75 Å². The maximum atomic E-state index is 5.82. The number of nitrogens with zero attached hydrogens (tertiary/aromatic N) is 4. The average molecular weight is 435 g/mol. The third-order valence-electron chi connectivity index (χ3n) is 6.17. The van der Waals surface area contributed by atoms with Gasteiger partial charge in [0.2, 0.25) is 5.95 Å². The molecule has 0 radical (unpaired) electrons. The van der Waals surface area contributed by atoms with Crippen LogP contribution in [-0.4, -0.2) is 45.9 Å². The van der Waals surface area contributed by atoms with E-state index in [2.05, 4.69) is 15.6 Å². The smallest absolute Gasteiger partial charge is 0.227 e. The quantitative estimate of drug-likeness (QED) is 0.589. The molecule has 5 rings (SSSR count). The summed E-state index contributed by atoms with van der Waals surface area (Å²) in [5.74, 6) is 1.40. The summed E-state index contributed by atoms with van der Waals surface area (Å²) in [6.45, 7) is 4.64. The molecular formula is C24H30N6O2. The second kappa shape index (κ2) is 9.26. The van der Waals surface area contributed by atoms with Crippen molar-refractivity contribution >= 4 is 11.6 Å². The summed E-state index contributed by atoms with van der Waals surface area (Å²) in [4.78, 5) is 14.1. The molecule has 0 saturated carbocycles. The number of anilines is 2. The topological polar surface area (TPSA) is 86.1 Å². The van der Waals surface area contributed by atoms with Crippen LogP contribution in [0.5, 0.6) is 5.75 Å². The number of aryl methyl sites for hydroxylation is 2. The molecule has 3 aromatic rings. The van der Waals surface area contributed by atoms with Gasteiger partial charge in [0.25, 0.3) is 0 Å². The van der Waals surface area contributed by atoms with Crippen LogP contribution in [0.15, 0.2) is 30.7 Å². The highest BCUT2D eigenvalue weighted by molar-refractivity contribution is 5.62. The van der Waals surface area contributed by atoms with Crippen LogP contribution in [-0.2, 0) is 24.1 Å². The van der Waals surface area contributed by atoms with Gasteiger partial charge >= 0.3 is 0 Å². The Hall–Kier alpha value is -2.97. The predicted molar refractivity (Wildman–Crippen MR) is 123 cm³/mol. The molecular weight excluding hydrogens is 404 g/mol. The second-order valence-electron chi connectivity index (χ2n) is 8.45. The van der Waals surface area contributed by atoms with Crippen molar-refractivity contribution in [2.45, 2.75) is 51.7 Å². The molecule has 2 aliphatic rings. The van der Waals surface area contributed by atoms with E-state index >= 15 is 0 Å². The lowest BCUT2D eigenvalue weighted by Crippen LogP contribution is -2.27. The Labute approximate surface area is 188 Å². The minimum Gasteiger partial charge on any atom is -0.494 e. The van der Waals surface area contributed by atoms with Gasteiger partial charge in [0.05, 0.1) is 42.3 Å². The van der Waals surface area contributed by atoms with Gasteiger partial charge in [0.15, 0.2) is 0 Å². The molecule has 2 aromatic heterocycles.